The maximum absolute atomic E-state index is 12.6. The topological polar surface area (TPSA) is 30.0 Å². The lowest BCUT2D eigenvalue weighted by Crippen LogP contribution is -2.07. The quantitative estimate of drug-likeness (QED) is 0.512. The molecule has 0 aliphatic heterocycles. The Morgan fingerprint density at radius 2 is 1.71 bits per heavy atom. The molecule has 2 rings (SSSR count). The molecule has 2 heteroatoms. The van der Waals surface area contributed by atoms with Crippen molar-refractivity contribution in [3.63, 3.8) is 0 Å². The van der Waals surface area contributed by atoms with Crippen LogP contribution in [0, 0.1) is 0 Å². The van der Waals surface area contributed by atoms with Crippen molar-refractivity contribution in [2.45, 2.75) is 45.4 Å². The number of rotatable bonds is 8. The van der Waals surface area contributed by atoms with E-state index in [1.807, 2.05) is 42.5 Å². The SMILES string of the molecule is CCCCCCCc1ncccc1C(=O)c1ccccc1. The van der Waals surface area contributed by atoms with Gasteiger partial charge in [0.15, 0.2) is 5.78 Å². The van der Waals surface area contributed by atoms with Crippen molar-refractivity contribution in [3.8, 4) is 0 Å². The van der Waals surface area contributed by atoms with Crippen molar-refractivity contribution in [3.05, 3.63) is 65.5 Å². The van der Waals surface area contributed by atoms with E-state index in [1.165, 1.54) is 25.7 Å². The van der Waals surface area contributed by atoms with E-state index < -0.39 is 0 Å². The zero-order valence-electron chi connectivity index (χ0n) is 12.7. The molecule has 0 saturated heterocycles. The Hall–Kier alpha value is -1.96. The molecule has 0 N–H and O–H groups in total. The van der Waals surface area contributed by atoms with Crippen molar-refractivity contribution in [2.75, 3.05) is 0 Å². The highest BCUT2D eigenvalue weighted by atomic mass is 16.1. The second kappa shape index (κ2) is 8.35. The summed E-state index contributed by atoms with van der Waals surface area (Å²) in [6.45, 7) is 2.22. The second-order valence-electron chi connectivity index (χ2n) is 5.36. The van der Waals surface area contributed by atoms with Gasteiger partial charge in [-0.2, -0.15) is 0 Å². The molecule has 0 saturated carbocycles. The number of benzene rings is 1. The van der Waals surface area contributed by atoms with Crippen LogP contribution >= 0.6 is 0 Å². The van der Waals surface area contributed by atoms with Gasteiger partial charge in [-0.25, -0.2) is 0 Å². The highest BCUT2D eigenvalue weighted by Gasteiger charge is 2.13. The van der Waals surface area contributed by atoms with E-state index in [-0.39, 0.29) is 5.78 Å². The first kappa shape index (κ1) is 15.4. The molecule has 1 aromatic heterocycles. The largest absolute Gasteiger partial charge is 0.289 e. The summed E-state index contributed by atoms with van der Waals surface area (Å²) in [5.74, 6) is 0.0762. The van der Waals surface area contributed by atoms with Gasteiger partial charge in [0.2, 0.25) is 0 Å². The molecule has 0 fully saturated rings. The molecule has 0 unspecified atom stereocenters. The molecule has 2 aromatic rings. The molecule has 0 radical (unpaired) electrons. The lowest BCUT2D eigenvalue weighted by Gasteiger charge is -2.07. The summed E-state index contributed by atoms with van der Waals surface area (Å²) in [6.07, 6.45) is 8.79. The van der Waals surface area contributed by atoms with Crippen LogP contribution in [0.15, 0.2) is 48.7 Å². The fraction of sp³-hybridized carbons (Fsp3) is 0.368. The van der Waals surface area contributed by atoms with Crippen LogP contribution in [0.2, 0.25) is 0 Å². The molecular weight excluding hydrogens is 258 g/mol. The molecule has 1 aromatic carbocycles. The lowest BCUT2D eigenvalue weighted by molar-refractivity contribution is 0.103. The third-order valence-electron chi connectivity index (χ3n) is 3.69. The number of nitrogens with zero attached hydrogens (tertiary/aromatic N) is 1. The average Bonchev–Trinajstić information content (AvgIpc) is 2.55. The Morgan fingerprint density at radius 1 is 0.952 bits per heavy atom. The predicted molar refractivity (Wildman–Crippen MR) is 86.6 cm³/mol. The van der Waals surface area contributed by atoms with Crippen LogP contribution in [-0.2, 0) is 6.42 Å². The van der Waals surface area contributed by atoms with Gasteiger partial charge in [-0.3, -0.25) is 9.78 Å². The summed E-state index contributed by atoms with van der Waals surface area (Å²) in [7, 11) is 0. The Balaban J connectivity index is 2.05. The van der Waals surface area contributed by atoms with Gasteiger partial charge in [0.25, 0.3) is 0 Å². The van der Waals surface area contributed by atoms with Gasteiger partial charge in [0, 0.05) is 17.3 Å². The van der Waals surface area contributed by atoms with E-state index in [9.17, 15) is 4.79 Å². The van der Waals surface area contributed by atoms with Gasteiger partial charge < -0.3 is 0 Å². The average molecular weight is 281 g/mol. The van der Waals surface area contributed by atoms with E-state index in [4.69, 9.17) is 0 Å². The first-order chi connectivity index (χ1) is 10.3. The van der Waals surface area contributed by atoms with Gasteiger partial charge in [-0.05, 0) is 25.0 Å². The van der Waals surface area contributed by atoms with Crippen molar-refractivity contribution < 1.29 is 4.79 Å². The number of carbonyl (C=O) groups is 1. The number of hydrogen-bond donors (Lipinski definition) is 0. The molecule has 21 heavy (non-hydrogen) atoms. The maximum Gasteiger partial charge on any atom is 0.194 e. The van der Waals surface area contributed by atoms with Gasteiger partial charge >= 0.3 is 0 Å². The van der Waals surface area contributed by atoms with E-state index in [2.05, 4.69) is 11.9 Å². The summed E-state index contributed by atoms with van der Waals surface area (Å²) in [6, 6.07) is 13.2. The third-order valence-corrected chi connectivity index (χ3v) is 3.69. The second-order valence-corrected chi connectivity index (χ2v) is 5.36. The van der Waals surface area contributed by atoms with Crippen LogP contribution in [0.5, 0.6) is 0 Å². The standard InChI is InChI=1S/C19H23NO/c1-2-3-4-5-9-14-18-17(13-10-15-20-18)19(21)16-11-7-6-8-12-16/h6-8,10-13,15H,2-5,9,14H2,1H3. The molecule has 0 amide bonds. The van der Waals surface area contributed by atoms with Gasteiger partial charge in [0.05, 0.1) is 5.69 Å². The number of hydrogen-bond acceptors (Lipinski definition) is 2. The number of ketones is 1. The van der Waals surface area contributed by atoms with Crippen LogP contribution in [0.4, 0.5) is 0 Å². The van der Waals surface area contributed by atoms with E-state index in [0.717, 1.165) is 29.7 Å². The normalized spacial score (nSPS) is 10.5. The molecule has 110 valence electrons. The van der Waals surface area contributed by atoms with Crippen LogP contribution in [0.3, 0.4) is 0 Å². The van der Waals surface area contributed by atoms with Crippen molar-refractivity contribution in [2.24, 2.45) is 0 Å². The lowest BCUT2D eigenvalue weighted by atomic mass is 9.99. The molecule has 1 heterocycles. The molecule has 0 aliphatic rings. The molecular formula is C19H23NO. The Kier molecular flexibility index (Phi) is 6.14. The Labute approximate surface area is 127 Å². The summed E-state index contributed by atoms with van der Waals surface area (Å²) in [5, 5.41) is 0. The summed E-state index contributed by atoms with van der Waals surface area (Å²) in [5.41, 5.74) is 2.42. The van der Waals surface area contributed by atoms with Crippen molar-refractivity contribution >= 4 is 5.78 Å². The maximum atomic E-state index is 12.6. The zero-order chi connectivity index (χ0) is 14.9. The molecule has 0 aliphatic carbocycles. The van der Waals surface area contributed by atoms with Crippen molar-refractivity contribution in [1.82, 2.24) is 4.98 Å². The molecule has 0 atom stereocenters. The van der Waals surface area contributed by atoms with Gasteiger partial charge in [-0.1, -0.05) is 62.9 Å². The highest BCUT2D eigenvalue weighted by Crippen LogP contribution is 2.15. The minimum atomic E-state index is 0.0762. The molecule has 0 spiro atoms. The molecule has 0 bridgehead atoms. The minimum absolute atomic E-state index is 0.0762. The highest BCUT2D eigenvalue weighted by molar-refractivity contribution is 6.09. The van der Waals surface area contributed by atoms with E-state index >= 15 is 0 Å². The fourth-order valence-corrected chi connectivity index (χ4v) is 2.48. The van der Waals surface area contributed by atoms with Gasteiger partial charge in [-0.15, -0.1) is 0 Å². The van der Waals surface area contributed by atoms with Crippen LogP contribution in [-0.4, -0.2) is 10.8 Å². The Morgan fingerprint density at radius 3 is 2.48 bits per heavy atom. The first-order valence-electron chi connectivity index (χ1n) is 7.86. The number of aromatic nitrogens is 1. The van der Waals surface area contributed by atoms with E-state index in [0.29, 0.717) is 0 Å². The monoisotopic (exact) mass is 281 g/mol. The van der Waals surface area contributed by atoms with E-state index in [1.54, 1.807) is 6.20 Å². The number of unbranched alkanes of at least 4 members (excludes halogenated alkanes) is 4. The summed E-state index contributed by atoms with van der Waals surface area (Å²) < 4.78 is 0. The van der Waals surface area contributed by atoms with Crippen molar-refractivity contribution in [1.29, 1.82) is 0 Å². The fourth-order valence-electron chi connectivity index (χ4n) is 2.48. The number of pyridine rings is 1. The Bertz CT molecular complexity index is 563. The minimum Gasteiger partial charge on any atom is -0.289 e. The van der Waals surface area contributed by atoms with Gasteiger partial charge in [0.1, 0.15) is 0 Å². The van der Waals surface area contributed by atoms with Crippen LogP contribution in [0.1, 0.15) is 60.6 Å². The first-order valence-corrected chi connectivity index (χ1v) is 7.86. The third kappa shape index (κ3) is 4.52. The zero-order valence-corrected chi connectivity index (χ0v) is 12.7. The summed E-state index contributed by atoms with van der Waals surface area (Å²) >= 11 is 0. The smallest absolute Gasteiger partial charge is 0.194 e. The molecule has 2 nitrogen and oxygen atoms in total. The van der Waals surface area contributed by atoms with Crippen LogP contribution < -0.4 is 0 Å². The number of carbonyl (C=O) groups excluding carboxylic acids is 1. The predicted octanol–water partition coefficient (Wildman–Crippen LogP) is 4.83. The van der Waals surface area contributed by atoms with Crippen LogP contribution in [0.25, 0.3) is 0 Å². The number of aryl methyl sites for hydroxylation is 1. The summed E-state index contributed by atoms with van der Waals surface area (Å²) in [4.78, 5) is 17.0.